The Bertz CT molecular complexity index is 263. The first-order valence-electron chi connectivity index (χ1n) is 4.32. The number of hydrogen-bond donors (Lipinski definition) is 1. The summed E-state index contributed by atoms with van der Waals surface area (Å²) in [6.07, 6.45) is 8.76. The maximum absolute atomic E-state index is 5.22. The molecule has 0 aromatic carbocycles. The summed E-state index contributed by atoms with van der Waals surface area (Å²) in [5, 5.41) is 7.16. The lowest BCUT2D eigenvalue weighted by Crippen LogP contribution is -2.19. The van der Waals surface area contributed by atoms with Crippen LogP contribution in [0, 0.1) is 12.3 Å². The summed E-state index contributed by atoms with van der Waals surface area (Å²) in [5.74, 6) is 2.64. The fraction of sp³-hybridized carbons (Fsp3) is 0.556. The molecule has 1 rings (SSSR count). The molecule has 1 unspecified atom stereocenters. The van der Waals surface area contributed by atoms with Crippen molar-refractivity contribution >= 4 is 11.5 Å². The number of hydrogen-bond acceptors (Lipinski definition) is 4. The first-order valence-corrected chi connectivity index (χ1v) is 5.10. The van der Waals surface area contributed by atoms with Gasteiger partial charge in [-0.05, 0) is 24.5 Å². The van der Waals surface area contributed by atoms with Gasteiger partial charge in [0.05, 0.1) is 11.1 Å². The van der Waals surface area contributed by atoms with Crippen LogP contribution in [0.5, 0.6) is 0 Å². The van der Waals surface area contributed by atoms with Crippen molar-refractivity contribution in [1.29, 1.82) is 0 Å². The van der Waals surface area contributed by atoms with Crippen LogP contribution < -0.4 is 5.32 Å². The highest BCUT2D eigenvalue weighted by Gasteiger charge is 2.11. The predicted molar refractivity (Wildman–Crippen MR) is 54.4 cm³/mol. The van der Waals surface area contributed by atoms with E-state index in [9.17, 15) is 0 Å². The van der Waals surface area contributed by atoms with Crippen molar-refractivity contribution in [3.8, 4) is 12.3 Å². The highest BCUT2D eigenvalue weighted by atomic mass is 32.1. The van der Waals surface area contributed by atoms with Gasteiger partial charge in [-0.2, -0.15) is 0 Å². The Labute approximate surface area is 82.7 Å². The minimum absolute atomic E-state index is 0.320. The van der Waals surface area contributed by atoms with E-state index in [1.54, 1.807) is 6.20 Å². The molecule has 0 radical (unpaired) electrons. The molecule has 0 fully saturated rings. The lowest BCUT2D eigenvalue weighted by atomic mass is 10.1. The van der Waals surface area contributed by atoms with Crippen molar-refractivity contribution in [2.45, 2.75) is 25.8 Å². The van der Waals surface area contributed by atoms with Crippen LogP contribution in [-0.2, 0) is 0 Å². The molecule has 0 aliphatic rings. The quantitative estimate of drug-likeness (QED) is 0.725. The molecule has 0 spiro atoms. The Morgan fingerprint density at radius 3 is 3.15 bits per heavy atom. The maximum atomic E-state index is 5.22. The number of nitrogens with one attached hydrogen (secondary N) is 1. The third-order valence-electron chi connectivity index (χ3n) is 1.75. The van der Waals surface area contributed by atoms with Gasteiger partial charge in [0.15, 0.2) is 0 Å². The van der Waals surface area contributed by atoms with Gasteiger partial charge >= 0.3 is 0 Å². The number of nitrogens with zero attached hydrogens (tertiary/aromatic N) is 2. The SMILES string of the molecule is C#CCCC(NCC)c1cnns1. The van der Waals surface area contributed by atoms with E-state index >= 15 is 0 Å². The average molecular weight is 195 g/mol. The molecule has 13 heavy (non-hydrogen) atoms. The van der Waals surface area contributed by atoms with Gasteiger partial charge in [-0.1, -0.05) is 11.4 Å². The lowest BCUT2D eigenvalue weighted by molar-refractivity contribution is 0.529. The summed E-state index contributed by atoms with van der Waals surface area (Å²) in [7, 11) is 0. The average Bonchev–Trinajstić information content (AvgIpc) is 2.65. The zero-order valence-electron chi connectivity index (χ0n) is 7.66. The van der Waals surface area contributed by atoms with Crippen molar-refractivity contribution in [3.63, 3.8) is 0 Å². The Kier molecular flexibility index (Phi) is 4.44. The summed E-state index contributed by atoms with van der Waals surface area (Å²) in [5.41, 5.74) is 0. The third-order valence-corrected chi connectivity index (χ3v) is 2.53. The monoisotopic (exact) mass is 195 g/mol. The molecule has 0 aliphatic carbocycles. The van der Waals surface area contributed by atoms with E-state index in [0.717, 1.165) is 24.3 Å². The summed E-state index contributed by atoms with van der Waals surface area (Å²) in [6.45, 7) is 3.02. The van der Waals surface area contributed by atoms with Gasteiger partial charge in [0.1, 0.15) is 0 Å². The zero-order valence-corrected chi connectivity index (χ0v) is 8.47. The van der Waals surface area contributed by atoms with Crippen LogP contribution in [0.2, 0.25) is 0 Å². The van der Waals surface area contributed by atoms with Gasteiger partial charge in [0.25, 0.3) is 0 Å². The van der Waals surface area contributed by atoms with Crippen molar-refractivity contribution < 1.29 is 0 Å². The smallest absolute Gasteiger partial charge is 0.0669 e. The van der Waals surface area contributed by atoms with E-state index < -0.39 is 0 Å². The van der Waals surface area contributed by atoms with E-state index in [2.05, 4.69) is 27.7 Å². The Balaban J connectivity index is 2.53. The zero-order chi connectivity index (χ0) is 9.52. The van der Waals surface area contributed by atoms with Gasteiger partial charge < -0.3 is 5.32 Å². The van der Waals surface area contributed by atoms with Crippen molar-refractivity contribution in [1.82, 2.24) is 14.9 Å². The summed E-state index contributed by atoms with van der Waals surface area (Å²) in [6, 6.07) is 0.320. The normalized spacial score (nSPS) is 12.3. The minimum Gasteiger partial charge on any atom is -0.309 e. The molecule has 1 N–H and O–H groups in total. The molecule has 0 aliphatic heterocycles. The van der Waals surface area contributed by atoms with Crippen LogP contribution in [0.15, 0.2) is 6.20 Å². The molecule has 0 saturated heterocycles. The first-order chi connectivity index (χ1) is 6.38. The first kappa shape index (κ1) is 10.2. The predicted octanol–water partition coefficient (Wildman–Crippen LogP) is 1.60. The van der Waals surface area contributed by atoms with Crippen molar-refractivity contribution in [2.75, 3.05) is 6.54 Å². The van der Waals surface area contributed by atoms with Crippen molar-refractivity contribution in [3.05, 3.63) is 11.1 Å². The molecule has 0 saturated carbocycles. The molecule has 1 aromatic rings. The van der Waals surface area contributed by atoms with E-state index in [-0.39, 0.29) is 0 Å². The number of terminal acetylenes is 1. The lowest BCUT2D eigenvalue weighted by Gasteiger charge is -2.13. The highest BCUT2D eigenvalue weighted by Crippen LogP contribution is 2.19. The fourth-order valence-electron chi connectivity index (χ4n) is 1.15. The number of rotatable bonds is 5. The Morgan fingerprint density at radius 2 is 2.62 bits per heavy atom. The van der Waals surface area contributed by atoms with Crippen LogP contribution >= 0.6 is 11.5 Å². The van der Waals surface area contributed by atoms with Gasteiger partial charge in [-0.25, -0.2) is 0 Å². The summed E-state index contributed by atoms with van der Waals surface area (Å²) >= 11 is 1.43. The molecule has 70 valence electrons. The summed E-state index contributed by atoms with van der Waals surface area (Å²) in [4.78, 5) is 1.16. The van der Waals surface area contributed by atoms with Crippen LogP contribution in [0.4, 0.5) is 0 Å². The van der Waals surface area contributed by atoms with Gasteiger partial charge in [0.2, 0.25) is 0 Å². The molecule has 1 aromatic heterocycles. The van der Waals surface area contributed by atoms with E-state index in [1.165, 1.54) is 11.5 Å². The molecule has 1 heterocycles. The molecule has 1 atom stereocenters. The van der Waals surface area contributed by atoms with E-state index in [1.807, 2.05) is 0 Å². The van der Waals surface area contributed by atoms with E-state index in [0.29, 0.717) is 6.04 Å². The molecule has 0 bridgehead atoms. The van der Waals surface area contributed by atoms with Crippen LogP contribution in [0.3, 0.4) is 0 Å². The van der Waals surface area contributed by atoms with Crippen LogP contribution in [0.25, 0.3) is 0 Å². The Morgan fingerprint density at radius 1 is 1.77 bits per heavy atom. The maximum Gasteiger partial charge on any atom is 0.0669 e. The van der Waals surface area contributed by atoms with Gasteiger partial charge in [-0.3, -0.25) is 0 Å². The topological polar surface area (TPSA) is 37.8 Å². The van der Waals surface area contributed by atoms with Gasteiger partial charge in [0, 0.05) is 12.5 Å². The molecular formula is C9H13N3S. The second kappa shape index (κ2) is 5.68. The van der Waals surface area contributed by atoms with Gasteiger partial charge in [-0.15, -0.1) is 17.4 Å². The molecule has 4 heteroatoms. The van der Waals surface area contributed by atoms with Crippen LogP contribution in [0.1, 0.15) is 30.7 Å². The van der Waals surface area contributed by atoms with E-state index in [4.69, 9.17) is 6.42 Å². The second-order valence-corrected chi connectivity index (χ2v) is 3.49. The standard InChI is InChI=1S/C9H13N3S/c1-3-5-6-8(10-4-2)9-7-11-12-13-9/h1,7-8,10H,4-6H2,2H3. The summed E-state index contributed by atoms with van der Waals surface area (Å²) < 4.78 is 3.83. The van der Waals surface area contributed by atoms with Crippen LogP contribution in [-0.4, -0.2) is 16.1 Å². The molecule has 0 amide bonds. The molecule has 3 nitrogen and oxygen atoms in total. The largest absolute Gasteiger partial charge is 0.309 e. The second-order valence-electron chi connectivity index (χ2n) is 2.67. The Hall–Kier alpha value is -0.920. The highest BCUT2D eigenvalue weighted by molar-refractivity contribution is 7.05. The minimum atomic E-state index is 0.320. The fourth-order valence-corrected chi connectivity index (χ4v) is 1.76. The number of aromatic nitrogens is 2. The molecular weight excluding hydrogens is 182 g/mol. The third kappa shape index (κ3) is 3.13. The van der Waals surface area contributed by atoms with Crippen molar-refractivity contribution in [2.24, 2.45) is 0 Å².